The second-order valence-corrected chi connectivity index (χ2v) is 10.3. The maximum Gasteiger partial charge on any atom is 0.219 e. The number of fused-ring (bicyclic) bond motifs is 1. The number of benzene rings is 3. The van der Waals surface area contributed by atoms with Crippen molar-refractivity contribution < 1.29 is 9.59 Å². The standard InChI is InChI=1S/C31H32ClN3O2/c1-21(36)35-17-14-23(15-18-35)25-9-12-27-28(20-34-29(27)19-25)31(37)30(24-5-3-2-4-6-24)33-16-13-22-7-10-26(32)11-8-22/h2-12,19-20,23,30,33-34H,13-18H2,1H3. The van der Waals surface area contributed by atoms with Gasteiger partial charge in [-0.25, -0.2) is 0 Å². The first kappa shape index (κ1) is 25.2. The molecule has 1 saturated heterocycles. The highest BCUT2D eigenvalue weighted by atomic mass is 35.5. The summed E-state index contributed by atoms with van der Waals surface area (Å²) in [4.78, 5) is 30.8. The Morgan fingerprint density at radius 2 is 1.76 bits per heavy atom. The molecule has 2 N–H and O–H groups in total. The van der Waals surface area contributed by atoms with Crippen LogP contribution in [0.2, 0.25) is 5.02 Å². The number of hydrogen-bond acceptors (Lipinski definition) is 3. The third-order valence-corrected chi connectivity index (χ3v) is 7.71. The van der Waals surface area contributed by atoms with Gasteiger partial charge in [0.2, 0.25) is 5.91 Å². The highest BCUT2D eigenvalue weighted by Crippen LogP contribution is 2.32. The maximum absolute atomic E-state index is 13.9. The van der Waals surface area contributed by atoms with Crippen LogP contribution in [-0.4, -0.2) is 41.2 Å². The van der Waals surface area contributed by atoms with Crippen molar-refractivity contribution in [2.45, 2.75) is 38.1 Å². The number of nitrogens with zero attached hydrogens (tertiary/aromatic N) is 1. The van der Waals surface area contributed by atoms with E-state index in [0.29, 0.717) is 18.0 Å². The highest BCUT2D eigenvalue weighted by Gasteiger charge is 2.26. The molecule has 6 heteroatoms. The van der Waals surface area contributed by atoms with Gasteiger partial charge in [-0.05, 0) is 60.1 Å². The second kappa shape index (κ2) is 11.3. The topological polar surface area (TPSA) is 65.2 Å². The molecule has 2 heterocycles. The zero-order chi connectivity index (χ0) is 25.8. The maximum atomic E-state index is 13.9. The molecule has 5 rings (SSSR count). The van der Waals surface area contributed by atoms with E-state index in [1.165, 1.54) is 11.1 Å². The first-order valence-electron chi connectivity index (χ1n) is 12.9. The molecule has 0 saturated carbocycles. The monoisotopic (exact) mass is 513 g/mol. The lowest BCUT2D eigenvalue weighted by Gasteiger charge is -2.31. The van der Waals surface area contributed by atoms with E-state index in [1.54, 1.807) is 6.92 Å². The summed E-state index contributed by atoms with van der Waals surface area (Å²) in [6, 6.07) is 23.7. The molecule has 1 aromatic heterocycles. The lowest BCUT2D eigenvalue weighted by Crippen LogP contribution is -2.36. The Hall–Kier alpha value is -3.41. The molecular weight excluding hydrogens is 482 g/mol. The molecule has 0 radical (unpaired) electrons. The van der Waals surface area contributed by atoms with Crippen LogP contribution in [-0.2, 0) is 11.2 Å². The van der Waals surface area contributed by atoms with Crippen molar-refractivity contribution in [1.82, 2.24) is 15.2 Å². The van der Waals surface area contributed by atoms with E-state index in [4.69, 9.17) is 11.6 Å². The van der Waals surface area contributed by atoms with Gasteiger partial charge >= 0.3 is 0 Å². The predicted molar refractivity (Wildman–Crippen MR) is 149 cm³/mol. The third kappa shape index (κ3) is 5.79. The average Bonchev–Trinajstić information content (AvgIpc) is 3.36. The fraction of sp³-hybridized carbons (Fsp3) is 0.290. The van der Waals surface area contributed by atoms with E-state index < -0.39 is 6.04 Å². The van der Waals surface area contributed by atoms with Crippen LogP contribution in [0.4, 0.5) is 0 Å². The predicted octanol–water partition coefficient (Wildman–Crippen LogP) is 6.30. The number of halogens is 1. The number of nitrogens with one attached hydrogen (secondary N) is 2. The van der Waals surface area contributed by atoms with Crippen molar-refractivity contribution in [3.8, 4) is 0 Å². The molecule has 0 spiro atoms. The molecule has 1 unspecified atom stereocenters. The Morgan fingerprint density at radius 1 is 1.03 bits per heavy atom. The molecule has 3 aromatic carbocycles. The first-order valence-corrected chi connectivity index (χ1v) is 13.3. The Balaban J connectivity index is 1.34. The summed E-state index contributed by atoms with van der Waals surface area (Å²) in [5, 5.41) is 5.16. The second-order valence-electron chi connectivity index (χ2n) is 9.83. The molecule has 0 aliphatic carbocycles. The molecule has 5 nitrogen and oxygen atoms in total. The summed E-state index contributed by atoms with van der Waals surface area (Å²) >= 11 is 6.02. The lowest BCUT2D eigenvalue weighted by atomic mass is 9.88. The van der Waals surface area contributed by atoms with Crippen LogP contribution in [0.5, 0.6) is 0 Å². The number of piperidine rings is 1. The number of Topliss-reactive ketones (excluding diaryl/α,β-unsaturated/α-hetero) is 1. The van der Waals surface area contributed by atoms with Gasteiger partial charge < -0.3 is 15.2 Å². The van der Waals surface area contributed by atoms with Crippen LogP contribution >= 0.6 is 11.6 Å². The number of rotatable bonds is 8. The summed E-state index contributed by atoms with van der Waals surface area (Å²) in [6.45, 7) is 3.90. The van der Waals surface area contributed by atoms with Gasteiger partial charge in [-0.3, -0.25) is 9.59 Å². The van der Waals surface area contributed by atoms with Crippen molar-refractivity contribution in [2.75, 3.05) is 19.6 Å². The van der Waals surface area contributed by atoms with Gasteiger partial charge in [0.05, 0.1) is 6.04 Å². The van der Waals surface area contributed by atoms with E-state index in [-0.39, 0.29) is 11.7 Å². The normalized spacial score (nSPS) is 15.1. The summed E-state index contributed by atoms with van der Waals surface area (Å²) in [5.41, 5.74) is 5.05. The van der Waals surface area contributed by atoms with Gasteiger partial charge in [-0.1, -0.05) is 66.2 Å². The largest absolute Gasteiger partial charge is 0.360 e. The molecule has 190 valence electrons. The van der Waals surface area contributed by atoms with Crippen molar-refractivity contribution in [3.05, 3.63) is 106 Å². The molecule has 1 atom stereocenters. The summed E-state index contributed by atoms with van der Waals surface area (Å²) in [6.07, 6.45) is 4.57. The number of amides is 1. The number of carbonyl (C=O) groups excluding carboxylic acids is 2. The number of aromatic nitrogens is 1. The van der Waals surface area contributed by atoms with Crippen molar-refractivity contribution in [2.24, 2.45) is 0 Å². The highest BCUT2D eigenvalue weighted by molar-refractivity contribution is 6.30. The Bertz CT molecular complexity index is 1370. The molecular formula is C31H32ClN3O2. The van der Waals surface area contributed by atoms with Crippen molar-refractivity contribution in [1.29, 1.82) is 0 Å². The van der Waals surface area contributed by atoms with E-state index in [1.807, 2.05) is 65.7 Å². The quantitative estimate of drug-likeness (QED) is 0.271. The molecule has 1 aliphatic rings. The summed E-state index contributed by atoms with van der Waals surface area (Å²) < 4.78 is 0. The number of aromatic amines is 1. The van der Waals surface area contributed by atoms with Crippen molar-refractivity contribution >= 4 is 34.2 Å². The number of hydrogen-bond donors (Lipinski definition) is 2. The van der Waals surface area contributed by atoms with Crippen LogP contribution < -0.4 is 5.32 Å². The van der Waals surface area contributed by atoms with Gasteiger partial charge in [-0.2, -0.15) is 0 Å². The fourth-order valence-corrected chi connectivity index (χ4v) is 5.43. The zero-order valence-electron chi connectivity index (χ0n) is 21.0. The zero-order valence-corrected chi connectivity index (χ0v) is 21.8. The summed E-state index contributed by atoms with van der Waals surface area (Å²) in [7, 11) is 0. The van der Waals surface area contributed by atoms with Gasteiger partial charge in [-0.15, -0.1) is 0 Å². The molecule has 4 aromatic rings. The number of likely N-dealkylation sites (tertiary alicyclic amines) is 1. The van der Waals surface area contributed by atoms with Gasteiger partial charge in [0, 0.05) is 54.2 Å². The molecule has 1 amide bonds. The lowest BCUT2D eigenvalue weighted by molar-refractivity contribution is -0.129. The minimum absolute atomic E-state index is 0.0519. The van der Waals surface area contributed by atoms with E-state index >= 15 is 0 Å². The number of ketones is 1. The van der Waals surface area contributed by atoms with Crippen LogP contribution in [0.25, 0.3) is 10.9 Å². The third-order valence-electron chi connectivity index (χ3n) is 7.45. The number of H-pyrrole nitrogens is 1. The van der Waals surface area contributed by atoms with Crippen LogP contribution in [0.15, 0.2) is 79.0 Å². The van der Waals surface area contributed by atoms with Crippen LogP contribution in [0, 0.1) is 0 Å². The van der Waals surface area contributed by atoms with E-state index in [9.17, 15) is 9.59 Å². The minimum atomic E-state index is -0.442. The van der Waals surface area contributed by atoms with E-state index in [0.717, 1.165) is 53.8 Å². The van der Waals surface area contributed by atoms with Gasteiger partial charge in [0.25, 0.3) is 0 Å². The SMILES string of the molecule is CC(=O)N1CCC(c2ccc3c(C(=O)C(NCCc4ccc(Cl)cc4)c4ccccc4)c[nH]c3c2)CC1. The minimum Gasteiger partial charge on any atom is -0.360 e. The molecule has 1 fully saturated rings. The Labute approximate surface area is 222 Å². The Morgan fingerprint density at radius 3 is 2.46 bits per heavy atom. The number of carbonyl (C=O) groups is 2. The molecule has 37 heavy (non-hydrogen) atoms. The smallest absolute Gasteiger partial charge is 0.219 e. The molecule has 0 bridgehead atoms. The van der Waals surface area contributed by atoms with Crippen molar-refractivity contribution in [3.63, 3.8) is 0 Å². The van der Waals surface area contributed by atoms with Gasteiger partial charge in [0.15, 0.2) is 5.78 Å². The average molecular weight is 514 g/mol. The first-order chi connectivity index (χ1) is 18.0. The Kier molecular flexibility index (Phi) is 7.73. The van der Waals surface area contributed by atoms with Crippen LogP contribution in [0.3, 0.4) is 0 Å². The van der Waals surface area contributed by atoms with Crippen LogP contribution in [0.1, 0.15) is 58.8 Å². The van der Waals surface area contributed by atoms with E-state index in [2.05, 4.69) is 28.5 Å². The van der Waals surface area contributed by atoms with Gasteiger partial charge in [0.1, 0.15) is 0 Å². The summed E-state index contributed by atoms with van der Waals surface area (Å²) in [5.74, 6) is 0.626. The molecule has 1 aliphatic heterocycles. The fourth-order valence-electron chi connectivity index (χ4n) is 5.30.